The zero-order chi connectivity index (χ0) is 18.1. The molecule has 4 rings (SSSR count). The first-order chi connectivity index (χ1) is 12.6. The van der Waals surface area contributed by atoms with E-state index in [1.54, 1.807) is 16.9 Å². The molecule has 0 bridgehead atoms. The third kappa shape index (κ3) is 3.30. The number of carbonyl (C=O) groups excluding carboxylic acids is 1. The first kappa shape index (κ1) is 17.0. The predicted molar refractivity (Wildman–Crippen MR) is 99.6 cm³/mol. The summed E-state index contributed by atoms with van der Waals surface area (Å²) in [4.78, 5) is 16.7. The Labute approximate surface area is 155 Å². The minimum absolute atomic E-state index is 0.0984. The molecule has 1 aliphatic rings. The standard InChI is InChI=1S/C19H19ClN4O2/c20-18-15-3-1-2-4-17(15)24(23-18)13-7-10-16(21-11-13)19(26)22-12-5-8-14(25)9-6-12/h1-4,7,10-12,14,25H,5-6,8-9H2,(H,22,26). The highest BCUT2D eigenvalue weighted by molar-refractivity contribution is 6.34. The Bertz CT molecular complexity index is 930. The molecule has 1 aliphatic carbocycles. The normalized spacial score (nSPS) is 20.2. The average molecular weight is 371 g/mol. The van der Waals surface area contributed by atoms with Crippen LogP contribution in [0, 0.1) is 0 Å². The lowest BCUT2D eigenvalue weighted by Crippen LogP contribution is -2.38. The number of aliphatic hydroxyl groups is 1. The topological polar surface area (TPSA) is 80.0 Å². The molecule has 2 N–H and O–H groups in total. The lowest BCUT2D eigenvalue weighted by atomic mass is 9.93. The van der Waals surface area contributed by atoms with Crippen molar-refractivity contribution in [1.29, 1.82) is 0 Å². The van der Waals surface area contributed by atoms with Gasteiger partial charge in [0.05, 0.1) is 23.5 Å². The molecule has 26 heavy (non-hydrogen) atoms. The number of pyridine rings is 1. The number of nitrogens with one attached hydrogen (secondary N) is 1. The first-order valence-corrected chi connectivity index (χ1v) is 9.08. The van der Waals surface area contributed by atoms with Crippen molar-refractivity contribution in [3.63, 3.8) is 0 Å². The molecule has 0 aliphatic heterocycles. The van der Waals surface area contributed by atoms with Crippen LogP contribution in [0.25, 0.3) is 16.6 Å². The van der Waals surface area contributed by atoms with Crippen LogP contribution in [0.15, 0.2) is 42.6 Å². The number of hydrogen-bond acceptors (Lipinski definition) is 4. The van der Waals surface area contributed by atoms with Crippen molar-refractivity contribution in [3.8, 4) is 5.69 Å². The number of para-hydroxylation sites is 1. The molecule has 1 amide bonds. The number of halogens is 1. The highest BCUT2D eigenvalue weighted by Gasteiger charge is 2.21. The molecule has 2 heterocycles. The van der Waals surface area contributed by atoms with Gasteiger partial charge in [-0.05, 0) is 49.9 Å². The number of benzene rings is 1. The van der Waals surface area contributed by atoms with Gasteiger partial charge in [-0.1, -0.05) is 23.7 Å². The third-order valence-corrected chi connectivity index (χ3v) is 5.08. The molecule has 6 nitrogen and oxygen atoms in total. The second kappa shape index (κ2) is 7.05. The van der Waals surface area contributed by atoms with E-state index in [1.165, 1.54) is 0 Å². The summed E-state index contributed by atoms with van der Waals surface area (Å²) < 4.78 is 1.72. The Balaban J connectivity index is 1.52. The Morgan fingerprint density at radius 1 is 1.15 bits per heavy atom. The Hall–Kier alpha value is -2.44. The van der Waals surface area contributed by atoms with E-state index >= 15 is 0 Å². The summed E-state index contributed by atoms with van der Waals surface area (Å²) in [5, 5.41) is 18.2. The van der Waals surface area contributed by atoms with Gasteiger partial charge in [-0.3, -0.25) is 4.79 Å². The van der Waals surface area contributed by atoms with E-state index in [4.69, 9.17) is 11.6 Å². The number of rotatable bonds is 3. The van der Waals surface area contributed by atoms with Crippen LogP contribution in [0.3, 0.4) is 0 Å². The number of aromatic nitrogens is 3. The monoisotopic (exact) mass is 370 g/mol. The molecule has 2 aromatic heterocycles. The fourth-order valence-electron chi connectivity index (χ4n) is 3.35. The molecule has 3 aromatic rings. The molecule has 1 fully saturated rings. The SMILES string of the molecule is O=C(NC1CCC(O)CC1)c1ccc(-n2nc(Cl)c3ccccc32)cn1. The maximum absolute atomic E-state index is 12.4. The summed E-state index contributed by atoms with van der Waals surface area (Å²) >= 11 is 6.19. The van der Waals surface area contributed by atoms with Gasteiger partial charge in [0.1, 0.15) is 5.69 Å². The number of amides is 1. The van der Waals surface area contributed by atoms with Crippen molar-refractivity contribution < 1.29 is 9.90 Å². The van der Waals surface area contributed by atoms with Crippen molar-refractivity contribution in [3.05, 3.63) is 53.4 Å². The van der Waals surface area contributed by atoms with Gasteiger partial charge in [-0.15, -0.1) is 0 Å². The lowest BCUT2D eigenvalue weighted by molar-refractivity contribution is 0.0863. The van der Waals surface area contributed by atoms with Gasteiger partial charge in [0.2, 0.25) is 0 Å². The van der Waals surface area contributed by atoms with Gasteiger partial charge in [-0.25, -0.2) is 9.67 Å². The Morgan fingerprint density at radius 2 is 1.92 bits per heavy atom. The molecule has 0 atom stereocenters. The van der Waals surface area contributed by atoms with Crippen LogP contribution in [0.4, 0.5) is 0 Å². The van der Waals surface area contributed by atoms with Crippen LogP contribution in [0.1, 0.15) is 36.2 Å². The van der Waals surface area contributed by atoms with E-state index < -0.39 is 0 Å². The third-order valence-electron chi connectivity index (χ3n) is 4.80. The molecular formula is C19H19ClN4O2. The fourth-order valence-corrected chi connectivity index (χ4v) is 3.59. The largest absolute Gasteiger partial charge is 0.393 e. The smallest absolute Gasteiger partial charge is 0.270 e. The van der Waals surface area contributed by atoms with E-state index in [1.807, 2.05) is 30.3 Å². The number of fused-ring (bicyclic) bond motifs is 1. The second-order valence-corrected chi connectivity index (χ2v) is 6.96. The minimum Gasteiger partial charge on any atom is -0.393 e. The van der Waals surface area contributed by atoms with Crippen LogP contribution in [-0.4, -0.2) is 37.9 Å². The summed E-state index contributed by atoms with van der Waals surface area (Å²) in [6.45, 7) is 0. The van der Waals surface area contributed by atoms with E-state index in [9.17, 15) is 9.90 Å². The average Bonchev–Trinajstić information content (AvgIpc) is 3.01. The minimum atomic E-state index is -0.240. The number of aliphatic hydroxyl groups excluding tert-OH is 1. The molecule has 0 saturated heterocycles. The summed E-state index contributed by atoms with van der Waals surface area (Å²) in [5.41, 5.74) is 1.99. The lowest BCUT2D eigenvalue weighted by Gasteiger charge is -2.26. The maximum Gasteiger partial charge on any atom is 0.270 e. The Morgan fingerprint density at radius 3 is 2.65 bits per heavy atom. The molecule has 7 heteroatoms. The maximum atomic E-state index is 12.4. The highest BCUT2D eigenvalue weighted by atomic mass is 35.5. The molecule has 0 unspecified atom stereocenters. The zero-order valence-electron chi connectivity index (χ0n) is 14.1. The fraction of sp³-hybridized carbons (Fsp3) is 0.316. The van der Waals surface area contributed by atoms with Crippen molar-refractivity contribution in [1.82, 2.24) is 20.1 Å². The van der Waals surface area contributed by atoms with Crippen molar-refractivity contribution in [2.24, 2.45) is 0 Å². The first-order valence-electron chi connectivity index (χ1n) is 8.70. The van der Waals surface area contributed by atoms with Crippen LogP contribution in [-0.2, 0) is 0 Å². The summed E-state index contributed by atoms with van der Waals surface area (Å²) in [6, 6.07) is 11.3. The van der Waals surface area contributed by atoms with Gasteiger partial charge >= 0.3 is 0 Å². The van der Waals surface area contributed by atoms with Crippen molar-refractivity contribution in [2.75, 3.05) is 0 Å². The van der Waals surface area contributed by atoms with Crippen LogP contribution in [0.2, 0.25) is 5.15 Å². The van der Waals surface area contributed by atoms with Gasteiger partial charge in [0.25, 0.3) is 5.91 Å². The molecule has 1 aromatic carbocycles. The number of hydrogen-bond donors (Lipinski definition) is 2. The highest BCUT2D eigenvalue weighted by Crippen LogP contribution is 2.25. The van der Waals surface area contributed by atoms with E-state index in [0.29, 0.717) is 10.8 Å². The van der Waals surface area contributed by atoms with Gasteiger partial charge in [0, 0.05) is 11.4 Å². The molecular weight excluding hydrogens is 352 g/mol. The predicted octanol–water partition coefficient (Wildman–Crippen LogP) is 3.11. The molecule has 0 spiro atoms. The van der Waals surface area contributed by atoms with Gasteiger partial charge in [-0.2, -0.15) is 5.10 Å². The number of carbonyl (C=O) groups is 1. The van der Waals surface area contributed by atoms with Crippen LogP contribution in [0.5, 0.6) is 0 Å². The number of nitrogens with zero attached hydrogens (tertiary/aromatic N) is 3. The van der Waals surface area contributed by atoms with E-state index in [0.717, 1.165) is 42.3 Å². The Kier molecular flexibility index (Phi) is 4.61. The second-order valence-electron chi connectivity index (χ2n) is 6.60. The molecule has 1 saturated carbocycles. The summed E-state index contributed by atoms with van der Waals surface area (Å²) in [5.74, 6) is -0.193. The van der Waals surface area contributed by atoms with E-state index in [-0.39, 0.29) is 18.1 Å². The van der Waals surface area contributed by atoms with Crippen LogP contribution < -0.4 is 5.32 Å². The van der Waals surface area contributed by atoms with E-state index in [2.05, 4.69) is 15.4 Å². The van der Waals surface area contributed by atoms with Crippen molar-refractivity contribution in [2.45, 2.75) is 37.8 Å². The molecule has 0 radical (unpaired) electrons. The summed E-state index contributed by atoms with van der Waals surface area (Å²) in [7, 11) is 0. The quantitative estimate of drug-likeness (QED) is 0.742. The van der Waals surface area contributed by atoms with Gasteiger partial charge < -0.3 is 10.4 Å². The van der Waals surface area contributed by atoms with Crippen molar-refractivity contribution >= 4 is 28.4 Å². The summed E-state index contributed by atoms with van der Waals surface area (Å²) in [6.07, 6.45) is 4.42. The zero-order valence-corrected chi connectivity index (χ0v) is 14.9. The molecule has 134 valence electrons. The van der Waals surface area contributed by atoms with Crippen LogP contribution >= 0.6 is 11.6 Å². The van der Waals surface area contributed by atoms with Gasteiger partial charge in [0.15, 0.2) is 5.15 Å².